The quantitative estimate of drug-likeness (QED) is 0.890. The molecule has 3 N–H and O–H groups in total. The third-order valence-electron chi connectivity index (χ3n) is 3.33. The lowest BCUT2D eigenvalue weighted by Gasteiger charge is -2.14. The third kappa shape index (κ3) is 2.05. The van der Waals surface area contributed by atoms with Crippen molar-refractivity contribution in [2.45, 2.75) is 13.5 Å². The van der Waals surface area contributed by atoms with E-state index in [-0.39, 0.29) is 0 Å². The Balaban J connectivity index is 2.02. The Bertz CT molecular complexity index is 696. The van der Waals surface area contributed by atoms with Crippen molar-refractivity contribution in [3.05, 3.63) is 35.2 Å². The maximum absolute atomic E-state index is 5.79. The van der Waals surface area contributed by atoms with Crippen LogP contribution in [0.5, 0.6) is 5.75 Å². The maximum Gasteiger partial charge on any atom is 0.142 e. The van der Waals surface area contributed by atoms with Gasteiger partial charge in [-0.3, -0.25) is 4.99 Å². The number of nitrogens with zero attached hydrogens (tertiary/aromatic N) is 3. The number of methoxy groups -OCH3 is 1. The van der Waals surface area contributed by atoms with E-state index in [4.69, 9.17) is 10.5 Å². The lowest BCUT2D eigenvalue weighted by Crippen LogP contribution is -2.04. The SMILES string of the molecule is COc1cc2c(cc1Nc1ncnc(N)c1C)C=NC2. The number of rotatable bonds is 3. The Kier molecular flexibility index (Phi) is 2.98. The van der Waals surface area contributed by atoms with E-state index in [0.29, 0.717) is 18.2 Å². The molecule has 1 aromatic heterocycles. The summed E-state index contributed by atoms with van der Waals surface area (Å²) in [7, 11) is 1.64. The standard InChI is InChI=1S/C14H15N5O/c1-8-13(15)17-7-18-14(8)19-11-3-9-5-16-6-10(9)4-12(11)20-2/h3-5,7H,6H2,1-2H3,(H3,15,17,18,19). The fraction of sp³-hybridized carbons (Fsp3) is 0.214. The Morgan fingerprint density at radius 2 is 2.15 bits per heavy atom. The zero-order valence-corrected chi connectivity index (χ0v) is 11.3. The Hall–Kier alpha value is -2.63. The van der Waals surface area contributed by atoms with Gasteiger partial charge in [-0.1, -0.05) is 0 Å². The van der Waals surface area contributed by atoms with Gasteiger partial charge in [0.15, 0.2) is 0 Å². The second kappa shape index (κ2) is 4.80. The highest BCUT2D eigenvalue weighted by atomic mass is 16.5. The summed E-state index contributed by atoms with van der Waals surface area (Å²) < 4.78 is 5.42. The van der Waals surface area contributed by atoms with Crippen molar-refractivity contribution in [2.24, 2.45) is 4.99 Å². The fourth-order valence-electron chi connectivity index (χ4n) is 2.12. The summed E-state index contributed by atoms with van der Waals surface area (Å²) in [5.41, 5.74) is 9.68. The first kappa shape index (κ1) is 12.4. The fourth-order valence-corrected chi connectivity index (χ4v) is 2.12. The normalized spacial score (nSPS) is 12.3. The minimum atomic E-state index is 0.462. The number of nitrogens with one attached hydrogen (secondary N) is 1. The molecule has 6 heteroatoms. The van der Waals surface area contributed by atoms with Crippen molar-refractivity contribution in [2.75, 3.05) is 18.2 Å². The first-order valence-electron chi connectivity index (χ1n) is 6.24. The van der Waals surface area contributed by atoms with E-state index in [1.165, 1.54) is 6.33 Å². The Morgan fingerprint density at radius 1 is 1.30 bits per heavy atom. The Labute approximate surface area is 116 Å². The number of ether oxygens (including phenoxy) is 1. The molecule has 0 atom stereocenters. The average molecular weight is 269 g/mol. The highest BCUT2D eigenvalue weighted by Crippen LogP contribution is 2.33. The topological polar surface area (TPSA) is 85.4 Å². The summed E-state index contributed by atoms with van der Waals surface area (Å²) in [6.45, 7) is 2.57. The van der Waals surface area contributed by atoms with E-state index in [1.807, 2.05) is 25.3 Å². The van der Waals surface area contributed by atoms with Crippen molar-refractivity contribution < 1.29 is 4.74 Å². The number of aromatic nitrogens is 2. The molecule has 0 bridgehead atoms. The van der Waals surface area contributed by atoms with Crippen LogP contribution in [0.25, 0.3) is 0 Å². The predicted octanol–water partition coefficient (Wildman–Crippen LogP) is 2.05. The van der Waals surface area contributed by atoms with Gasteiger partial charge in [-0.15, -0.1) is 0 Å². The van der Waals surface area contributed by atoms with Gasteiger partial charge in [-0.2, -0.15) is 0 Å². The van der Waals surface area contributed by atoms with Gasteiger partial charge < -0.3 is 15.8 Å². The number of anilines is 3. The van der Waals surface area contributed by atoms with Gasteiger partial charge in [0, 0.05) is 11.8 Å². The van der Waals surface area contributed by atoms with Crippen LogP contribution in [0.15, 0.2) is 23.5 Å². The van der Waals surface area contributed by atoms with Gasteiger partial charge >= 0.3 is 0 Å². The highest BCUT2D eigenvalue weighted by Gasteiger charge is 2.14. The van der Waals surface area contributed by atoms with Crippen molar-refractivity contribution in [3.8, 4) is 5.75 Å². The number of nitrogen functional groups attached to an aromatic ring is 1. The van der Waals surface area contributed by atoms with Crippen LogP contribution in [0.1, 0.15) is 16.7 Å². The number of hydrogen-bond acceptors (Lipinski definition) is 6. The average Bonchev–Trinajstić information content (AvgIpc) is 2.90. The van der Waals surface area contributed by atoms with Gasteiger partial charge in [0.2, 0.25) is 0 Å². The minimum absolute atomic E-state index is 0.462. The van der Waals surface area contributed by atoms with Crippen LogP contribution in [-0.2, 0) is 6.54 Å². The molecule has 1 aliphatic rings. The lowest BCUT2D eigenvalue weighted by atomic mass is 10.1. The molecule has 3 rings (SSSR count). The summed E-state index contributed by atoms with van der Waals surface area (Å²) in [4.78, 5) is 12.4. The van der Waals surface area contributed by atoms with E-state index in [2.05, 4.69) is 20.3 Å². The predicted molar refractivity (Wildman–Crippen MR) is 78.8 cm³/mol. The molecule has 102 valence electrons. The maximum atomic E-state index is 5.79. The zero-order chi connectivity index (χ0) is 14.1. The van der Waals surface area contributed by atoms with Crippen LogP contribution in [0.4, 0.5) is 17.3 Å². The molecular formula is C14H15N5O. The number of aliphatic imine (C=N–C) groups is 1. The molecule has 0 amide bonds. The first-order valence-corrected chi connectivity index (χ1v) is 6.24. The van der Waals surface area contributed by atoms with Crippen LogP contribution in [0, 0.1) is 6.92 Å². The third-order valence-corrected chi connectivity index (χ3v) is 3.33. The monoisotopic (exact) mass is 269 g/mol. The summed E-state index contributed by atoms with van der Waals surface area (Å²) >= 11 is 0. The molecule has 0 saturated heterocycles. The van der Waals surface area contributed by atoms with E-state index in [1.54, 1.807) is 7.11 Å². The highest BCUT2D eigenvalue weighted by molar-refractivity contribution is 5.88. The van der Waals surface area contributed by atoms with E-state index >= 15 is 0 Å². The van der Waals surface area contributed by atoms with Gasteiger partial charge in [0.25, 0.3) is 0 Å². The van der Waals surface area contributed by atoms with Gasteiger partial charge in [-0.25, -0.2) is 9.97 Å². The summed E-state index contributed by atoms with van der Waals surface area (Å²) in [5, 5.41) is 3.24. The molecule has 2 heterocycles. The van der Waals surface area contributed by atoms with E-state index in [0.717, 1.165) is 28.1 Å². The molecule has 1 aromatic carbocycles. The molecule has 0 radical (unpaired) electrons. The summed E-state index contributed by atoms with van der Waals surface area (Å²) in [6, 6.07) is 3.99. The largest absolute Gasteiger partial charge is 0.495 e. The summed E-state index contributed by atoms with van der Waals surface area (Å²) in [5.74, 6) is 1.89. The first-order chi connectivity index (χ1) is 9.69. The molecule has 2 aromatic rings. The molecule has 1 aliphatic heterocycles. The van der Waals surface area contributed by atoms with Crippen molar-refractivity contribution in [1.82, 2.24) is 9.97 Å². The smallest absolute Gasteiger partial charge is 0.142 e. The van der Waals surface area contributed by atoms with Gasteiger partial charge in [-0.05, 0) is 30.2 Å². The number of benzene rings is 1. The summed E-state index contributed by atoms with van der Waals surface area (Å²) in [6.07, 6.45) is 3.30. The minimum Gasteiger partial charge on any atom is -0.495 e. The van der Waals surface area contributed by atoms with Gasteiger partial charge in [0.05, 0.1) is 19.3 Å². The molecule has 20 heavy (non-hydrogen) atoms. The van der Waals surface area contributed by atoms with Crippen LogP contribution in [-0.4, -0.2) is 23.3 Å². The van der Waals surface area contributed by atoms with E-state index in [9.17, 15) is 0 Å². The lowest BCUT2D eigenvalue weighted by molar-refractivity contribution is 0.416. The molecular weight excluding hydrogens is 254 g/mol. The van der Waals surface area contributed by atoms with Crippen molar-refractivity contribution in [3.63, 3.8) is 0 Å². The molecule has 0 saturated carbocycles. The second-order valence-electron chi connectivity index (χ2n) is 4.58. The second-order valence-corrected chi connectivity index (χ2v) is 4.58. The number of nitrogens with two attached hydrogens (primary N) is 1. The van der Waals surface area contributed by atoms with Crippen LogP contribution in [0.2, 0.25) is 0 Å². The Morgan fingerprint density at radius 3 is 2.95 bits per heavy atom. The van der Waals surface area contributed by atoms with Gasteiger partial charge in [0.1, 0.15) is 23.7 Å². The van der Waals surface area contributed by atoms with Crippen molar-refractivity contribution >= 4 is 23.5 Å². The van der Waals surface area contributed by atoms with Crippen molar-refractivity contribution in [1.29, 1.82) is 0 Å². The molecule has 6 nitrogen and oxygen atoms in total. The molecule has 0 fully saturated rings. The molecule has 0 unspecified atom stereocenters. The number of hydrogen-bond donors (Lipinski definition) is 2. The van der Waals surface area contributed by atoms with Crippen LogP contribution >= 0.6 is 0 Å². The van der Waals surface area contributed by atoms with Crippen LogP contribution < -0.4 is 15.8 Å². The van der Waals surface area contributed by atoms with E-state index < -0.39 is 0 Å². The molecule has 0 spiro atoms. The number of fused-ring (bicyclic) bond motifs is 1. The zero-order valence-electron chi connectivity index (χ0n) is 11.3. The molecule has 0 aliphatic carbocycles. The van der Waals surface area contributed by atoms with Crippen LogP contribution in [0.3, 0.4) is 0 Å².